The lowest BCUT2D eigenvalue weighted by Gasteiger charge is -2.24. The molecule has 2 heteroatoms. The fourth-order valence-corrected chi connectivity index (χ4v) is 0.524. The maximum atomic E-state index is 10.7. The normalized spacial score (nSPS) is 15.2. The van der Waals surface area contributed by atoms with Gasteiger partial charge < -0.3 is 5.73 Å². The zero-order valence-electron chi connectivity index (χ0n) is 6.56. The van der Waals surface area contributed by atoms with E-state index in [9.17, 15) is 4.79 Å². The Morgan fingerprint density at radius 1 is 1.56 bits per heavy atom. The van der Waals surface area contributed by atoms with Crippen LogP contribution < -0.4 is 5.73 Å². The van der Waals surface area contributed by atoms with Gasteiger partial charge in [0.25, 0.3) is 0 Å². The van der Waals surface area contributed by atoms with Crippen LogP contribution in [0.3, 0.4) is 0 Å². The minimum atomic E-state index is -0.369. The topological polar surface area (TPSA) is 43.1 Å². The molecule has 0 aliphatic heterocycles. The molecule has 0 rings (SSSR count). The maximum Gasteiger partial charge on any atom is 0.134 e. The van der Waals surface area contributed by atoms with E-state index in [0.717, 1.165) is 0 Å². The predicted octanol–water partition coefficient (Wildman–Crippen LogP) is 0.949. The monoisotopic (exact) mass is 129 g/mol. The van der Waals surface area contributed by atoms with Gasteiger partial charge in [-0.2, -0.15) is 0 Å². The Morgan fingerprint density at radius 2 is 1.89 bits per heavy atom. The summed E-state index contributed by atoms with van der Waals surface area (Å²) in [6.07, 6.45) is 0. The molecule has 0 amide bonds. The second-order valence-corrected chi connectivity index (χ2v) is 3.15. The molecule has 0 aromatic heterocycles. The van der Waals surface area contributed by atoms with Crippen LogP contribution >= 0.6 is 0 Å². The molecule has 0 bridgehead atoms. The van der Waals surface area contributed by atoms with Crippen molar-refractivity contribution in [1.29, 1.82) is 0 Å². The molecule has 54 valence electrons. The number of nitrogens with two attached hydrogens (primary N) is 1. The quantitative estimate of drug-likeness (QED) is 0.603. The lowest BCUT2D eigenvalue weighted by atomic mass is 9.87. The van der Waals surface area contributed by atoms with Crippen LogP contribution in [0, 0.1) is 5.92 Å². The predicted molar refractivity (Wildman–Crippen MR) is 38.1 cm³/mol. The maximum absolute atomic E-state index is 10.7. The second kappa shape index (κ2) is 2.48. The summed E-state index contributed by atoms with van der Waals surface area (Å²) in [7, 11) is 0. The van der Waals surface area contributed by atoms with Crippen molar-refractivity contribution in [1.82, 2.24) is 0 Å². The molecule has 0 aromatic rings. The summed E-state index contributed by atoms with van der Waals surface area (Å²) in [5, 5.41) is 0. The van der Waals surface area contributed by atoms with E-state index in [4.69, 9.17) is 5.73 Å². The Balaban J connectivity index is 4.04. The average Bonchev–Trinajstić information content (AvgIpc) is 1.62. The van der Waals surface area contributed by atoms with E-state index in [0.29, 0.717) is 0 Å². The Labute approximate surface area is 56.4 Å². The molecule has 0 saturated carbocycles. The fourth-order valence-electron chi connectivity index (χ4n) is 0.524. The zero-order chi connectivity index (χ0) is 7.65. The Bertz CT molecular complexity index is 113. The number of ketones is 1. The van der Waals surface area contributed by atoms with E-state index >= 15 is 0 Å². The summed E-state index contributed by atoms with van der Waals surface area (Å²) in [6, 6.07) is 0. The third kappa shape index (κ3) is 2.61. The van der Waals surface area contributed by atoms with Crippen molar-refractivity contribution in [3.8, 4) is 0 Å². The summed E-state index contributed by atoms with van der Waals surface area (Å²) in [5.74, 6) is 0.111. The number of rotatable bonds is 2. The van der Waals surface area contributed by atoms with Gasteiger partial charge in [0.15, 0.2) is 0 Å². The van der Waals surface area contributed by atoms with Crippen LogP contribution in [-0.2, 0) is 4.79 Å². The molecular weight excluding hydrogens is 114 g/mol. The van der Waals surface area contributed by atoms with Crippen molar-refractivity contribution in [2.75, 3.05) is 0 Å². The van der Waals surface area contributed by atoms with Crippen molar-refractivity contribution in [2.24, 2.45) is 11.7 Å². The molecule has 2 nitrogen and oxygen atoms in total. The van der Waals surface area contributed by atoms with Crippen LogP contribution in [0.15, 0.2) is 0 Å². The number of hydrogen-bond donors (Lipinski definition) is 1. The van der Waals surface area contributed by atoms with Crippen molar-refractivity contribution >= 4 is 5.78 Å². The van der Waals surface area contributed by atoms with Crippen LogP contribution in [0.25, 0.3) is 0 Å². The SMILES string of the molecule is CC(=O)C(C)C(C)(C)N. The van der Waals surface area contributed by atoms with Crippen molar-refractivity contribution in [2.45, 2.75) is 33.2 Å². The average molecular weight is 129 g/mol. The van der Waals surface area contributed by atoms with Gasteiger partial charge in [0.2, 0.25) is 0 Å². The molecule has 0 saturated heterocycles. The molecule has 1 unspecified atom stereocenters. The Morgan fingerprint density at radius 3 is 1.89 bits per heavy atom. The summed E-state index contributed by atoms with van der Waals surface area (Å²) < 4.78 is 0. The van der Waals surface area contributed by atoms with E-state index in [1.165, 1.54) is 0 Å². The molecule has 9 heavy (non-hydrogen) atoms. The number of carbonyl (C=O) groups excluding carboxylic acids is 1. The highest BCUT2D eigenvalue weighted by Crippen LogP contribution is 2.12. The van der Waals surface area contributed by atoms with Gasteiger partial charge in [0.05, 0.1) is 0 Å². The van der Waals surface area contributed by atoms with Gasteiger partial charge in [-0.05, 0) is 20.8 Å². The number of carbonyl (C=O) groups is 1. The van der Waals surface area contributed by atoms with Crippen molar-refractivity contribution in [3.63, 3.8) is 0 Å². The van der Waals surface area contributed by atoms with Gasteiger partial charge >= 0.3 is 0 Å². The van der Waals surface area contributed by atoms with Gasteiger partial charge in [0, 0.05) is 11.5 Å². The van der Waals surface area contributed by atoms with Crippen LogP contribution in [0.5, 0.6) is 0 Å². The minimum absolute atomic E-state index is 0.0440. The molecule has 0 fully saturated rings. The first kappa shape index (κ1) is 8.63. The first-order valence-electron chi connectivity index (χ1n) is 3.15. The molecule has 0 spiro atoms. The highest BCUT2D eigenvalue weighted by molar-refractivity contribution is 5.79. The van der Waals surface area contributed by atoms with Gasteiger partial charge in [-0.25, -0.2) is 0 Å². The van der Waals surface area contributed by atoms with Gasteiger partial charge in [-0.15, -0.1) is 0 Å². The van der Waals surface area contributed by atoms with Crippen molar-refractivity contribution < 1.29 is 4.79 Å². The summed E-state index contributed by atoms with van der Waals surface area (Å²) in [5.41, 5.74) is 5.29. The Hall–Kier alpha value is -0.370. The lowest BCUT2D eigenvalue weighted by Crippen LogP contribution is -2.42. The molecule has 1 atom stereocenters. The Kier molecular flexibility index (Phi) is 2.38. The van der Waals surface area contributed by atoms with Crippen LogP contribution in [0.2, 0.25) is 0 Å². The van der Waals surface area contributed by atoms with Gasteiger partial charge in [0.1, 0.15) is 5.78 Å². The lowest BCUT2D eigenvalue weighted by molar-refractivity contribution is -0.121. The molecule has 0 aliphatic rings. The highest BCUT2D eigenvalue weighted by atomic mass is 16.1. The summed E-state index contributed by atoms with van der Waals surface area (Å²) >= 11 is 0. The van der Waals surface area contributed by atoms with Crippen molar-refractivity contribution in [3.05, 3.63) is 0 Å². The zero-order valence-corrected chi connectivity index (χ0v) is 6.56. The number of Topliss-reactive ketones (excluding diaryl/α,β-unsaturated/α-hetero) is 1. The van der Waals surface area contributed by atoms with Crippen LogP contribution in [-0.4, -0.2) is 11.3 Å². The van der Waals surface area contributed by atoms with E-state index < -0.39 is 0 Å². The highest BCUT2D eigenvalue weighted by Gasteiger charge is 2.23. The first-order valence-corrected chi connectivity index (χ1v) is 3.15. The van der Waals surface area contributed by atoms with E-state index in [1.807, 2.05) is 20.8 Å². The molecule has 0 radical (unpaired) electrons. The van der Waals surface area contributed by atoms with E-state index in [-0.39, 0.29) is 17.2 Å². The molecular formula is C7H15NO. The first-order chi connectivity index (χ1) is 3.85. The smallest absolute Gasteiger partial charge is 0.134 e. The molecule has 0 heterocycles. The minimum Gasteiger partial charge on any atom is -0.325 e. The third-order valence-electron chi connectivity index (χ3n) is 1.73. The largest absolute Gasteiger partial charge is 0.325 e. The second-order valence-electron chi connectivity index (χ2n) is 3.15. The summed E-state index contributed by atoms with van der Waals surface area (Å²) in [4.78, 5) is 10.7. The molecule has 2 N–H and O–H groups in total. The molecule has 0 aromatic carbocycles. The van der Waals surface area contributed by atoms with Crippen LogP contribution in [0.4, 0.5) is 0 Å². The third-order valence-corrected chi connectivity index (χ3v) is 1.73. The number of hydrogen-bond acceptors (Lipinski definition) is 2. The van der Waals surface area contributed by atoms with E-state index in [2.05, 4.69) is 0 Å². The molecule has 0 aliphatic carbocycles. The summed E-state index contributed by atoms with van der Waals surface area (Å²) in [6.45, 7) is 7.14. The van der Waals surface area contributed by atoms with Gasteiger partial charge in [-0.1, -0.05) is 6.92 Å². The van der Waals surface area contributed by atoms with Crippen LogP contribution in [0.1, 0.15) is 27.7 Å². The van der Waals surface area contributed by atoms with E-state index in [1.54, 1.807) is 6.92 Å². The fraction of sp³-hybridized carbons (Fsp3) is 0.857. The van der Waals surface area contributed by atoms with Gasteiger partial charge in [-0.3, -0.25) is 4.79 Å². The standard InChI is InChI=1S/C7H15NO/c1-5(6(2)9)7(3,4)8/h5H,8H2,1-4H3.